The Bertz CT molecular complexity index is 1600. The summed E-state index contributed by atoms with van der Waals surface area (Å²) in [5, 5.41) is 23.8. The maximum Gasteiger partial charge on any atom is 0.306 e. The second-order valence-electron chi connectivity index (χ2n) is 11.6. The van der Waals surface area contributed by atoms with E-state index in [1.165, 1.54) is 19.6 Å². The van der Waals surface area contributed by atoms with Crippen molar-refractivity contribution < 1.29 is 42.9 Å². The summed E-state index contributed by atoms with van der Waals surface area (Å²) < 4.78 is 43.2. The molecule has 2 fully saturated rings. The number of aliphatic hydroxyl groups is 2. The minimum atomic E-state index is -0.719. The van der Waals surface area contributed by atoms with Crippen molar-refractivity contribution in [2.24, 2.45) is 0 Å². The minimum absolute atomic E-state index is 0.0225. The van der Waals surface area contributed by atoms with E-state index in [0.717, 1.165) is 18.9 Å². The number of amides is 2. The number of ether oxygens (including phenoxy) is 2. The van der Waals surface area contributed by atoms with Crippen LogP contribution in [0.5, 0.6) is 5.75 Å². The van der Waals surface area contributed by atoms with Crippen LogP contribution in [0.3, 0.4) is 0 Å². The standard InChI is InChI=1S/C31H38F2N4O8.C3H8/c1-3-24(39)21-17-37(19-6-7-19)28-20(30(21)43)13-22(32)29(31(28)44-2)36-10-4-5-18(16-36)23(33)14-34-26(41)15-35-25(40)8-9-27(42)45-12-11-38;1-3-2/h3,13,17,19,38-39H,4-12,14-16H2,1-2H3,(H,34,41)(H,35,40);3H2,1-2H3/b23-18+,24-3+;. The van der Waals surface area contributed by atoms with Crippen molar-refractivity contribution in [1.29, 1.82) is 0 Å². The van der Waals surface area contributed by atoms with E-state index in [4.69, 9.17) is 9.84 Å². The number of aromatic nitrogens is 1. The number of carbonyl (C=O) groups is 3. The lowest BCUT2D eigenvalue weighted by Crippen LogP contribution is -2.38. The summed E-state index contributed by atoms with van der Waals surface area (Å²) >= 11 is 0. The Morgan fingerprint density at radius 3 is 2.44 bits per heavy atom. The molecule has 12 nitrogen and oxygen atoms in total. The van der Waals surface area contributed by atoms with E-state index in [1.54, 1.807) is 18.0 Å². The van der Waals surface area contributed by atoms with Crippen LogP contribution < -0.4 is 25.7 Å². The van der Waals surface area contributed by atoms with Crippen LogP contribution >= 0.6 is 0 Å². The van der Waals surface area contributed by atoms with Gasteiger partial charge in [0, 0.05) is 31.7 Å². The molecule has 0 spiro atoms. The number of methoxy groups -OCH3 is 1. The number of halogens is 2. The lowest BCUT2D eigenvalue weighted by Gasteiger charge is -2.33. The number of fused-ring (bicyclic) bond motifs is 1. The number of anilines is 1. The van der Waals surface area contributed by atoms with Crippen molar-refractivity contribution in [3.8, 4) is 5.75 Å². The maximum atomic E-state index is 15.8. The van der Waals surface area contributed by atoms with Crippen molar-refractivity contribution in [3.63, 3.8) is 0 Å². The van der Waals surface area contributed by atoms with Gasteiger partial charge in [-0.1, -0.05) is 20.3 Å². The van der Waals surface area contributed by atoms with Gasteiger partial charge in [-0.3, -0.25) is 19.2 Å². The van der Waals surface area contributed by atoms with Gasteiger partial charge in [-0.2, -0.15) is 0 Å². The average molecular weight is 677 g/mol. The molecule has 2 amide bonds. The number of piperidine rings is 1. The third-order valence-electron chi connectivity index (χ3n) is 7.68. The number of nitrogens with one attached hydrogen (secondary N) is 2. The molecule has 14 heteroatoms. The first-order valence-electron chi connectivity index (χ1n) is 16.2. The summed E-state index contributed by atoms with van der Waals surface area (Å²) in [6.45, 7) is 4.92. The maximum absolute atomic E-state index is 15.8. The summed E-state index contributed by atoms with van der Waals surface area (Å²) in [7, 11) is 1.38. The second kappa shape index (κ2) is 18.2. The number of allylic oxidation sites excluding steroid dienone is 1. The van der Waals surface area contributed by atoms with Crippen LogP contribution in [0.2, 0.25) is 0 Å². The highest BCUT2D eigenvalue weighted by molar-refractivity contribution is 5.93. The van der Waals surface area contributed by atoms with Crippen molar-refractivity contribution in [2.45, 2.75) is 71.8 Å². The van der Waals surface area contributed by atoms with Gasteiger partial charge >= 0.3 is 5.97 Å². The highest BCUT2D eigenvalue weighted by atomic mass is 19.1. The van der Waals surface area contributed by atoms with Gasteiger partial charge in [0.15, 0.2) is 11.6 Å². The first kappa shape index (κ1) is 38.0. The van der Waals surface area contributed by atoms with Crippen LogP contribution in [0.25, 0.3) is 16.7 Å². The molecule has 4 N–H and O–H groups in total. The zero-order valence-corrected chi connectivity index (χ0v) is 28.0. The molecule has 2 aliphatic rings. The Balaban J connectivity index is 0.00000201. The Hall–Kier alpha value is -4.46. The number of benzene rings is 1. The van der Waals surface area contributed by atoms with Gasteiger partial charge in [0.1, 0.15) is 23.9 Å². The van der Waals surface area contributed by atoms with Crippen LogP contribution in [0.15, 0.2) is 34.5 Å². The number of nitrogens with zero attached hydrogens (tertiary/aromatic N) is 2. The molecule has 1 aromatic heterocycles. The molecule has 4 rings (SSSR count). The molecule has 1 aliphatic carbocycles. The van der Waals surface area contributed by atoms with Crippen LogP contribution in [0, 0.1) is 5.82 Å². The van der Waals surface area contributed by atoms with E-state index >= 15 is 8.78 Å². The smallest absolute Gasteiger partial charge is 0.306 e. The third kappa shape index (κ3) is 9.78. The van der Waals surface area contributed by atoms with Crippen molar-refractivity contribution in [3.05, 3.63) is 51.3 Å². The molecule has 1 aliphatic heterocycles. The molecular formula is C34H46F2N4O8. The Kier molecular flexibility index (Phi) is 14.4. The topological polar surface area (TPSA) is 159 Å². The number of pyridine rings is 1. The summed E-state index contributed by atoms with van der Waals surface area (Å²) in [4.78, 5) is 50.4. The second-order valence-corrected chi connectivity index (χ2v) is 11.6. The van der Waals surface area contributed by atoms with E-state index < -0.39 is 47.9 Å². The van der Waals surface area contributed by atoms with E-state index in [1.807, 2.05) is 4.57 Å². The highest BCUT2D eigenvalue weighted by Gasteiger charge is 2.32. The molecule has 0 bridgehead atoms. The summed E-state index contributed by atoms with van der Waals surface area (Å²) in [5.41, 5.74) is 0.401. The quantitative estimate of drug-likeness (QED) is 0.180. The largest absolute Gasteiger partial charge is 0.507 e. The molecule has 2 heterocycles. The summed E-state index contributed by atoms with van der Waals surface area (Å²) in [6, 6.07) is 1.20. The van der Waals surface area contributed by atoms with Crippen molar-refractivity contribution in [1.82, 2.24) is 15.2 Å². The third-order valence-corrected chi connectivity index (χ3v) is 7.68. The van der Waals surface area contributed by atoms with E-state index in [2.05, 4.69) is 29.2 Å². The average Bonchev–Trinajstić information content (AvgIpc) is 3.93. The van der Waals surface area contributed by atoms with Gasteiger partial charge in [-0.05, 0) is 50.3 Å². The molecule has 48 heavy (non-hydrogen) atoms. The first-order chi connectivity index (χ1) is 23.0. The lowest BCUT2D eigenvalue weighted by atomic mass is 10.0. The number of carbonyl (C=O) groups excluding carboxylic acids is 3. The number of hydrogen-bond donors (Lipinski definition) is 4. The first-order valence-corrected chi connectivity index (χ1v) is 16.2. The fourth-order valence-electron chi connectivity index (χ4n) is 5.27. The molecule has 1 saturated heterocycles. The van der Waals surface area contributed by atoms with Gasteiger partial charge in [0.2, 0.25) is 17.2 Å². The molecular weight excluding hydrogens is 630 g/mol. The molecule has 0 radical (unpaired) electrons. The number of esters is 1. The van der Waals surface area contributed by atoms with E-state index in [9.17, 15) is 24.3 Å². The molecule has 2 aromatic rings. The Morgan fingerprint density at radius 2 is 1.81 bits per heavy atom. The number of aliphatic hydroxyl groups excluding tert-OH is 2. The van der Waals surface area contributed by atoms with Crippen molar-refractivity contribution in [2.75, 3.05) is 51.4 Å². The SMILES string of the molecule is C/C=C(/O)c1cn(C2CC2)c2c(OC)c(N3CCC/C(=C(\F)CNC(=O)CNC(=O)CCC(=O)OCCO)C3)c(F)cc2c1=O.CCC. The molecule has 1 saturated carbocycles. The van der Waals surface area contributed by atoms with Gasteiger partial charge in [0.05, 0.1) is 49.7 Å². The molecule has 264 valence electrons. The zero-order chi connectivity index (χ0) is 35.4. The van der Waals surface area contributed by atoms with Gasteiger partial charge in [0.25, 0.3) is 0 Å². The molecule has 1 aromatic carbocycles. The van der Waals surface area contributed by atoms with Crippen LogP contribution in [0.1, 0.15) is 77.3 Å². The van der Waals surface area contributed by atoms with Crippen LogP contribution in [0.4, 0.5) is 14.5 Å². The van der Waals surface area contributed by atoms with Crippen LogP contribution in [-0.2, 0) is 19.1 Å². The Morgan fingerprint density at radius 1 is 1.12 bits per heavy atom. The predicted molar refractivity (Wildman–Crippen MR) is 178 cm³/mol. The lowest BCUT2D eigenvalue weighted by molar-refractivity contribution is -0.145. The number of hydrogen-bond acceptors (Lipinski definition) is 9. The predicted octanol–water partition coefficient (Wildman–Crippen LogP) is 4.19. The van der Waals surface area contributed by atoms with E-state index in [0.29, 0.717) is 30.5 Å². The Labute approximate surface area is 278 Å². The molecule has 0 unspecified atom stereocenters. The fraction of sp³-hybridized carbons (Fsp3) is 0.529. The van der Waals surface area contributed by atoms with E-state index in [-0.39, 0.29) is 66.8 Å². The van der Waals surface area contributed by atoms with Gasteiger partial charge < -0.3 is 39.8 Å². The van der Waals surface area contributed by atoms with Crippen molar-refractivity contribution >= 4 is 40.1 Å². The van der Waals surface area contributed by atoms with Gasteiger partial charge in [-0.25, -0.2) is 8.78 Å². The van der Waals surface area contributed by atoms with Crippen LogP contribution in [-0.4, -0.2) is 79.1 Å². The minimum Gasteiger partial charge on any atom is -0.507 e. The monoisotopic (exact) mass is 676 g/mol. The zero-order valence-electron chi connectivity index (χ0n) is 28.0. The summed E-state index contributed by atoms with van der Waals surface area (Å²) in [6.07, 6.45) is 6.38. The van der Waals surface area contributed by atoms with Gasteiger partial charge in [-0.15, -0.1) is 0 Å². The number of rotatable bonds is 13. The fourth-order valence-corrected chi connectivity index (χ4v) is 5.27. The molecule has 0 atom stereocenters. The highest BCUT2D eigenvalue weighted by Crippen LogP contribution is 2.44. The normalized spacial score (nSPS) is 15.7. The summed E-state index contributed by atoms with van der Waals surface area (Å²) in [5.74, 6) is -3.23.